The van der Waals surface area contributed by atoms with Crippen LogP contribution in [0.5, 0.6) is 0 Å². The Morgan fingerprint density at radius 1 is 1.43 bits per heavy atom. The molecular formula is C13H19ClN6O. The van der Waals surface area contributed by atoms with Crippen molar-refractivity contribution < 1.29 is 4.79 Å². The zero-order chi connectivity index (χ0) is 14.5. The van der Waals surface area contributed by atoms with Crippen LogP contribution >= 0.6 is 12.4 Å². The summed E-state index contributed by atoms with van der Waals surface area (Å²) < 4.78 is 1.52. The van der Waals surface area contributed by atoms with Crippen molar-refractivity contribution in [1.82, 2.24) is 20.2 Å². The van der Waals surface area contributed by atoms with Crippen LogP contribution in [-0.4, -0.2) is 32.2 Å². The first-order valence-corrected chi connectivity index (χ1v) is 6.46. The van der Waals surface area contributed by atoms with Crippen molar-refractivity contribution in [2.45, 2.75) is 26.3 Å². The molecule has 0 saturated carbocycles. The molecule has 3 N–H and O–H groups in total. The van der Waals surface area contributed by atoms with E-state index in [9.17, 15) is 4.79 Å². The van der Waals surface area contributed by atoms with E-state index in [1.54, 1.807) is 12.1 Å². The standard InChI is InChI=1S/C13H18N6O.ClH/c1-9(2)6-12(14)13(20)16-10-4-3-5-11(7-10)19-8-15-17-18-19;/h3-5,7-9,12H,6,14H2,1-2H3,(H,16,20);1H/t12-;/m0./s1. The first kappa shape index (κ1) is 17.1. The van der Waals surface area contributed by atoms with Crippen molar-refractivity contribution in [1.29, 1.82) is 0 Å². The van der Waals surface area contributed by atoms with Gasteiger partial charge in [0.05, 0.1) is 11.7 Å². The third kappa shape index (κ3) is 4.80. The van der Waals surface area contributed by atoms with E-state index in [0.717, 1.165) is 5.69 Å². The number of halogens is 1. The number of benzene rings is 1. The van der Waals surface area contributed by atoms with E-state index in [0.29, 0.717) is 18.0 Å². The van der Waals surface area contributed by atoms with E-state index >= 15 is 0 Å². The summed E-state index contributed by atoms with van der Waals surface area (Å²) in [4.78, 5) is 12.0. The second-order valence-electron chi connectivity index (χ2n) is 5.03. The number of amides is 1. The summed E-state index contributed by atoms with van der Waals surface area (Å²) in [7, 11) is 0. The van der Waals surface area contributed by atoms with Crippen LogP contribution in [-0.2, 0) is 4.79 Å². The fourth-order valence-electron chi connectivity index (χ4n) is 1.86. The number of anilines is 1. The van der Waals surface area contributed by atoms with E-state index in [1.165, 1.54) is 11.0 Å². The lowest BCUT2D eigenvalue weighted by Crippen LogP contribution is -2.36. The minimum absolute atomic E-state index is 0. The summed E-state index contributed by atoms with van der Waals surface area (Å²) in [5.74, 6) is 0.191. The Labute approximate surface area is 129 Å². The van der Waals surface area contributed by atoms with Gasteiger partial charge in [0.2, 0.25) is 5.91 Å². The fourth-order valence-corrected chi connectivity index (χ4v) is 1.86. The van der Waals surface area contributed by atoms with Gasteiger partial charge in [-0.25, -0.2) is 4.68 Å². The lowest BCUT2D eigenvalue weighted by molar-refractivity contribution is -0.117. The van der Waals surface area contributed by atoms with Gasteiger partial charge in [-0.2, -0.15) is 0 Å². The molecule has 1 heterocycles. The lowest BCUT2D eigenvalue weighted by Gasteiger charge is -2.14. The normalized spacial score (nSPS) is 11.8. The van der Waals surface area contributed by atoms with Gasteiger partial charge >= 0.3 is 0 Å². The highest BCUT2D eigenvalue weighted by Gasteiger charge is 2.15. The molecule has 1 atom stereocenters. The average molecular weight is 311 g/mol. The van der Waals surface area contributed by atoms with Crippen LogP contribution in [0.4, 0.5) is 5.69 Å². The van der Waals surface area contributed by atoms with Gasteiger partial charge in [0, 0.05) is 5.69 Å². The van der Waals surface area contributed by atoms with Crippen molar-refractivity contribution in [2.75, 3.05) is 5.32 Å². The van der Waals surface area contributed by atoms with Crippen LogP contribution < -0.4 is 11.1 Å². The zero-order valence-electron chi connectivity index (χ0n) is 11.9. The maximum absolute atomic E-state index is 12.0. The van der Waals surface area contributed by atoms with Gasteiger partial charge in [0.25, 0.3) is 0 Å². The van der Waals surface area contributed by atoms with E-state index in [-0.39, 0.29) is 18.3 Å². The topological polar surface area (TPSA) is 98.7 Å². The summed E-state index contributed by atoms with van der Waals surface area (Å²) >= 11 is 0. The van der Waals surface area contributed by atoms with Crippen molar-refractivity contribution >= 4 is 24.0 Å². The Morgan fingerprint density at radius 3 is 2.81 bits per heavy atom. The minimum Gasteiger partial charge on any atom is -0.325 e. The maximum Gasteiger partial charge on any atom is 0.241 e. The van der Waals surface area contributed by atoms with E-state index in [1.807, 2.05) is 26.0 Å². The maximum atomic E-state index is 12.0. The molecule has 0 spiro atoms. The molecule has 0 aliphatic carbocycles. The Morgan fingerprint density at radius 2 is 2.19 bits per heavy atom. The SMILES string of the molecule is CC(C)C[C@H](N)C(=O)Nc1cccc(-n2cnnn2)c1.Cl. The summed E-state index contributed by atoms with van der Waals surface area (Å²) in [6, 6.07) is 6.75. The predicted octanol–water partition coefficient (Wildman–Crippen LogP) is 1.40. The van der Waals surface area contributed by atoms with Crippen molar-refractivity contribution in [3.05, 3.63) is 30.6 Å². The van der Waals surface area contributed by atoms with Gasteiger partial charge < -0.3 is 11.1 Å². The first-order chi connectivity index (χ1) is 9.56. The summed E-state index contributed by atoms with van der Waals surface area (Å²) in [5.41, 5.74) is 7.29. The van der Waals surface area contributed by atoms with Gasteiger partial charge in [-0.3, -0.25) is 4.79 Å². The number of tetrazole rings is 1. The van der Waals surface area contributed by atoms with E-state index in [4.69, 9.17) is 5.73 Å². The molecule has 2 aromatic rings. The molecule has 1 aromatic heterocycles. The number of nitrogens with one attached hydrogen (secondary N) is 1. The summed E-state index contributed by atoms with van der Waals surface area (Å²) in [5, 5.41) is 13.8. The summed E-state index contributed by atoms with van der Waals surface area (Å²) in [6.07, 6.45) is 2.14. The van der Waals surface area contributed by atoms with Crippen LogP contribution in [0.1, 0.15) is 20.3 Å². The van der Waals surface area contributed by atoms with Crippen LogP contribution in [0.15, 0.2) is 30.6 Å². The van der Waals surface area contributed by atoms with Gasteiger partial charge in [-0.1, -0.05) is 19.9 Å². The molecule has 0 bridgehead atoms. The number of hydrogen-bond donors (Lipinski definition) is 2. The second-order valence-corrected chi connectivity index (χ2v) is 5.03. The number of aromatic nitrogens is 4. The third-order valence-electron chi connectivity index (χ3n) is 2.79. The molecule has 2 rings (SSSR count). The molecular weight excluding hydrogens is 292 g/mol. The molecule has 0 fully saturated rings. The number of nitrogens with two attached hydrogens (primary N) is 1. The van der Waals surface area contributed by atoms with Gasteiger partial charge in [-0.05, 0) is 41.0 Å². The molecule has 114 valence electrons. The monoisotopic (exact) mass is 310 g/mol. The molecule has 0 radical (unpaired) electrons. The Balaban J connectivity index is 0.00000220. The number of hydrogen-bond acceptors (Lipinski definition) is 5. The number of carbonyl (C=O) groups excluding carboxylic acids is 1. The quantitative estimate of drug-likeness (QED) is 0.869. The third-order valence-corrected chi connectivity index (χ3v) is 2.79. The lowest BCUT2D eigenvalue weighted by atomic mass is 10.0. The number of carbonyl (C=O) groups is 1. The van der Waals surface area contributed by atoms with Crippen molar-refractivity contribution in [3.63, 3.8) is 0 Å². The van der Waals surface area contributed by atoms with Gasteiger partial charge in [-0.15, -0.1) is 17.5 Å². The van der Waals surface area contributed by atoms with Crippen LogP contribution in [0.2, 0.25) is 0 Å². The predicted molar refractivity (Wildman–Crippen MR) is 82.5 cm³/mol. The highest BCUT2D eigenvalue weighted by Crippen LogP contribution is 2.14. The fraction of sp³-hybridized carbons (Fsp3) is 0.385. The molecule has 0 unspecified atom stereocenters. The number of rotatable bonds is 5. The van der Waals surface area contributed by atoms with Crippen LogP contribution in [0.25, 0.3) is 5.69 Å². The highest BCUT2D eigenvalue weighted by atomic mass is 35.5. The van der Waals surface area contributed by atoms with E-state index in [2.05, 4.69) is 20.8 Å². The smallest absolute Gasteiger partial charge is 0.241 e. The molecule has 7 nitrogen and oxygen atoms in total. The zero-order valence-corrected chi connectivity index (χ0v) is 12.7. The molecule has 0 saturated heterocycles. The Hall–Kier alpha value is -1.99. The van der Waals surface area contributed by atoms with Gasteiger partial charge in [0.15, 0.2) is 0 Å². The second kappa shape index (κ2) is 7.70. The molecule has 21 heavy (non-hydrogen) atoms. The summed E-state index contributed by atoms with van der Waals surface area (Å²) in [6.45, 7) is 4.07. The van der Waals surface area contributed by atoms with E-state index < -0.39 is 6.04 Å². The molecule has 1 aromatic carbocycles. The molecule has 1 amide bonds. The number of nitrogens with zero attached hydrogens (tertiary/aromatic N) is 4. The average Bonchev–Trinajstić information content (AvgIpc) is 2.92. The van der Waals surface area contributed by atoms with Crippen LogP contribution in [0, 0.1) is 5.92 Å². The Bertz CT molecular complexity index is 572. The molecule has 0 aliphatic heterocycles. The molecule has 8 heteroatoms. The highest BCUT2D eigenvalue weighted by molar-refractivity contribution is 5.94. The van der Waals surface area contributed by atoms with Gasteiger partial charge in [0.1, 0.15) is 6.33 Å². The first-order valence-electron chi connectivity index (χ1n) is 6.46. The molecule has 0 aliphatic rings. The van der Waals surface area contributed by atoms with Crippen molar-refractivity contribution in [2.24, 2.45) is 11.7 Å². The largest absolute Gasteiger partial charge is 0.325 e. The van der Waals surface area contributed by atoms with Crippen molar-refractivity contribution in [3.8, 4) is 5.69 Å². The Kier molecular flexibility index (Phi) is 6.26. The minimum atomic E-state index is -0.508. The van der Waals surface area contributed by atoms with Crippen LogP contribution in [0.3, 0.4) is 0 Å².